The summed E-state index contributed by atoms with van der Waals surface area (Å²) in [6.07, 6.45) is 5.88. The Morgan fingerprint density at radius 3 is 2.35 bits per heavy atom. The molecule has 0 radical (unpaired) electrons. The number of nitrogens with one attached hydrogen (secondary N) is 1. The van der Waals surface area contributed by atoms with Gasteiger partial charge in [-0.15, -0.1) is 0 Å². The average Bonchev–Trinajstić information content (AvgIpc) is 2.99. The molecule has 9 nitrogen and oxygen atoms in total. The maximum absolute atomic E-state index is 14.1. The number of methoxy groups -OCH3 is 1. The zero-order chi connectivity index (χ0) is 30.7. The van der Waals surface area contributed by atoms with Gasteiger partial charge < -0.3 is 24.6 Å². The fraction of sp³-hybridized carbons (Fsp3) is 0.394. The number of carbonyl (C=O) groups excluding carboxylic acids is 3. The fourth-order valence-electron chi connectivity index (χ4n) is 5.71. The highest BCUT2D eigenvalue weighted by Gasteiger charge is 2.38. The Morgan fingerprint density at radius 2 is 1.70 bits per heavy atom. The lowest BCUT2D eigenvalue weighted by Gasteiger charge is -2.40. The van der Waals surface area contributed by atoms with Crippen LogP contribution in [-0.4, -0.2) is 66.1 Å². The van der Waals surface area contributed by atoms with E-state index < -0.39 is 17.6 Å². The molecule has 2 amide bonds. The Bertz CT molecular complexity index is 1500. The van der Waals surface area contributed by atoms with Crippen LogP contribution in [0.1, 0.15) is 71.5 Å². The van der Waals surface area contributed by atoms with Gasteiger partial charge in [0.05, 0.1) is 17.2 Å². The summed E-state index contributed by atoms with van der Waals surface area (Å²) in [4.78, 5) is 48.5. The molecule has 0 spiro atoms. The van der Waals surface area contributed by atoms with Gasteiger partial charge in [-0.3, -0.25) is 14.6 Å². The first-order valence-electron chi connectivity index (χ1n) is 14.5. The molecule has 1 fully saturated rings. The number of amides is 2. The summed E-state index contributed by atoms with van der Waals surface area (Å²) < 4.78 is 11.7. The van der Waals surface area contributed by atoms with Gasteiger partial charge in [0.15, 0.2) is 0 Å². The number of benzene rings is 2. The lowest BCUT2D eigenvalue weighted by atomic mass is 9.89. The van der Waals surface area contributed by atoms with Gasteiger partial charge in [0.1, 0.15) is 11.6 Å². The van der Waals surface area contributed by atoms with Gasteiger partial charge in [0.25, 0.3) is 11.8 Å². The number of piperidine rings is 1. The molecule has 2 aromatic carbocycles. The van der Waals surface area contributed by atoms with E-state index in [4.69, 9.17) is 9.47 Å². The molecule has 1 unspecified atom stereocenters. The van der Waals surface area contributed by atoms with Crippen LogP contribution in [-0.2, 0) is 20.7 Å². The first-order chi connectivity index (χ1) is 20.5. The van der Waals surface area contributed by atoms with Gasteiger partial charge in [0, 0.05) is 55.0 Å². The molecule has 0 bridgehead atoms. The molecule has 1 saturated heterocycles. The van der Waals surface area contributed by atoms with E-state index >= 15 is 0 Å². The predicted molar refractivity (Wildman–Crippen MR) is 168 cm³/mol. The van der Waals surface area contributed by atoms with Crippen molar-refractivity contribution in [3.63, 3.8) is 0 Å². The summed E-state index contributed by atoms with van der Waals surface area (Å²) in [6, 6.07) is 13.4. The topological polar surface area (TPSA) is 101 Å². The highest BCUT2D eigenvalue weighted by Crippen LogP contribution is 2.38. The van der Waals surface area contributed by atoms with Crippen LogP contribution in [0.3, 0.4) is 0 Å². The SMILES string of the molecule is COC1CCN(c2cccc3c2CCN(C(=O)c2cncc(Br)c2)C3C(=O)Nc2ccc(C(=O)OC(C)(C)C)cc2)CC1. The second kappa shape index (κ2) is 12.9. The molecule has 1 N–H and O–H groups in total. The lowest BCUT2D eigenvalue weighted by Crippen LogP contribution is -2.46. The van der Waals surface area contributed by atoms with Crippen LogP contribution in [0.4, 0.5) is 11.4 Å². The predicted octanol–water partition coefficient (Wildman–Crippen LogP) is 5.79. The lowest BCUT2D eigenvalue weighted by molar-refractivity contribution is -0.121. The van der Waals surface area contributed by atoms with Crippen molar-refractivity contribution in [2.45, 2.75) is 57.8 Å². The third kappa shape index (κ3) is 7.08. The fourth-order valence-corrected chi connectivity index (χ4v) is 6.08. The summed E-state index contributed by atoms with van der Waals surface area (Å²) in [5.74, 6) is -1.04. The molecular formula is C33H37BrN4O5. The van der Waals surface area contributed by atoms with Gasteiger partial charge >= 0.3 is 5.97 Å². The third-order valence-electron chi connectivity index (χ3n) is 7.76. The van der Waals surface area contributed by atoms with Crippen LogP contribution in [0.25, 0.3) is 0 Å². The second-order valence-corrected chi connectivity index (χ2v) is 12.8. The number of nitrogens with zero attached hydrogens (tertiary/aromatic N) is 3. The van der Waals surface area contributed by atoms with Crippen LogP contribution in [0.15, 0.2) is 65.4 Å². The maximum Gasteiger partial charge on any atom is 0.338 e. The van der Waals surface area contributed by atoms with E-state index in [-0.39, 0.29) is 17.9 Å². The highest BCUT2D eigenvalue weighted by molar-refractivity contribution is 9.10. The van der Waals surface area contributed by atoms with Gasteiger partial charge in [-0.1, -0.05) is 12.1 Å². The van der Waals surface area contributed by atoms with Gasteiger partial charge in [0.2, 0.25) is 0 Å². The van der Waals surface area contributed by atoms with Crippen molar-refractivity contribution >= 4 is 45.1 Å². The number of esters is 1. The average molecular weight is 650 g/mol. The van der Waals surface area contributed by atoms with Gasteiger partial charge in [-0.2, -0.15) is 0 Å². The van der Waals surface area contributed by atoms with E-state index in [1.807, 2.05) is 32.9 Å². The number of hydrogen-bond donors (Lipinski definition) is 1. The summed E-state index contributed by atoms with van der Waals surface area (Å²) >= 11 is 3.40. The van der Waals surface area contributed by atoms with E-state index in [0.29, 0.717) is 34.3 Å². The van der Waals surface area contributed by atoms with Crippen molar-refractivity contribution in [1.29, 1.82) is 0 Å². The van der Waals surface area contributed by atoms with E-state index in [9.17, 15) is 14.4 Å². The highest BCUT2D eigenvalue weighted by atomic mass is 79.9. The smallest absolute Gasteiger partial charge is 0.338 e. The molecule has 0 saturated carbocycles. The van der Waals surface area contributed by atoms with Gasteiger partial charge in [-0.05, 0) is 103 Å². The van der Waals surface area contributed by atoms with E-state index in [1.165, 1.54) is 6.20 Å². The summed E-state index contributed by atoms with van der Waals surface area (Å²) in [5.41, 5.74) is 3.66. The largest absolute Gasteiger partial charge is 0.456 e. The number of ether oxygens (including phenoxy) is 2. The number of aromatic nitrogens is 1. The van der Waals surface area contributed by atoms with Crippen molar-refractivity contribution in [2.75, 3.05) is 37.0 Å². The Kier molecular flexibility index (Phi) is 9.17. The number of halogens is 1. The van der Waals surface area contributed by atoms with E-state index in [2.05, 4.69) is 37.2 Å². The van der Waals surface area contributed by atoms with Gasteiger partial charge in [-0.25, -0.2) is 4.79 Å². The minimum atomic E-state index is -0.864. The molecule has 226 valence electrons. The monoisotopic (exact) mass is 648 g/mol. The van der Waals surface area contributed by atoms with Crippen LogP contribution in [0.2, 0.25) is 0 Å². The molecule has 0 aliphatic carbocycles. The Hall–Kier alpha value is -3.76. The minimum Gasteiger partial charge on any atom is -0.456 e. The Labute approximate surface area is 260 Å². The molecule has 5 rings (SSSR count). The quantitative estimate of drug-likeness (QED) is 0.338. The van der Waals surface area contributed by atoms with Crippen molar-refractivity contribution in [2.24, 2.45) is 0 Å². The third-order valence-corrected chi connectivity index (χ3v) is 8.19. The van der Waals surface area contributed by atoms with Crippen LogP contribution in [0, 0.1) is 0 Å². The number of carbonyl (C=O) groups is 3. The normalized spacial score (nSPS) is 17.3. The van der Waals surface area contributed by atoms with E-state index in [1.54, 1.807) is 48.5 Å². The first kappa shape index (κ1) is 30.7. The molecule has 3 heterocycles. The molecule has 3 aromatic rings. The minimum absolute atomic E-state index is 0.253. The molecule has 1 atom stereocenters. The second-order valence-electron chi connectivity index (χ2n) is 11.9. The summed E-state index contributed by atoms with van der Waals surface area (Å²) in [7, 11) is 1.76. The number of hydrogen-bond acceptors (Lipinski definition) is 7. The Morgan fingerprint density at radius 1 is 0.977 bits per heavy atom. The number of pyridine rings is 1. The van der Waals surface area contributed by atoms with E-state index in [0.717, 1.165) is 42.7 Å². The molecule has 1 aromatic heterocycles. The number of fused-ring (bicyclic) bond motifs is 1. The summed E-state index contributed by atoms with van der Waals surface area (Å²) in [5, 5.41) is 2.99. The van der Waals surface area contributed by atoms with Crippen molar-refractivity contribution in [3.8, 4) is 0 Å². The molecule has 10 heteroatoms. The first-order valence-corrected chi connectivity index (χ1v) is 15.3. The van der Waals surface area contributed by atoms with Crippen molar-refractivity contribution < 1.29 is 23.9 Å². The molecule has 43 heavy (non-hydrogen) atoms. The van der Waals surface area contributed by atoms with Crippen LogP contribution < -0.4 is 10.2 Å². The molecule has 2 aliphatic heterocycles. The van der Waals surface area contributed by atoms with Crippen molar-refractivity contribution in [3.05, 3.63) is 87.7 Å². The number of rotatable bonds is 6. The Balaban J connectivity index is 1.45. The zero-order valence-corrected chi connectivity index (χ0v) is 26.5. The standard InChI is InChI=1S/C33H37BrN4O5/c1-33(2,3)43-32(41)21-8-10-24(11-9-21)36-30(39)29-27-6-5-7-28(37-15-12-25(42-4)13-16-37)26(27)14-17-38(29)31(40)22-18-23(34)20-35-19-22/h5-11,18-20,25,29H,12-17H2,1-4H3,(H,36,39). The van der Waals surface area contributed by atoms with Crippen LogP contribution in [0.5, 0.6) is 0 Å². The summed E-state index contributed by atoms with van der Waals surface area (Å²) in [6.45, 7) is 7.53. The molecule has 2 aliphatic rings. The van der Waals surface area contributed by atoms with Crippen LogP contribution >= 0.6 is 15.9 Å². The molecular weight excluding hydrogens is 612 g/mol. The maximum atomic E-state index is 14.1. The zero-order valence-electron chi connectivity index (χ0n) is 24.9. The van der Waals surface area contributed by atoms with Crippen molar-refractivity contribution in [1.82, 2.24) is 9.88 Å². The number of anilines is 2.